The first-order valence-corrected chi connectivity index (χ1v) is 17.4. The molecular weight excluding hydrogens is 615 g/mol. The van der Waals surface area contributed by atoms with Crippen LogP contribution in [0.15, 0.2) is 180 Å². The van der Waals surface area contributed by atoms with Crippen LogP contribution in [0.5, 0.6) is 0 Å². The molecule has 0 atom stereocenters. The highest BCUT2D eigenvalue weighted by Gasteiger charge is 2.18. The van der Waals surface area contributed by atoms with Gasteiger partial charge in [0.2, 0.25) is 0 Å². The Bertz CT molecular complexity index is 2810. The maximum absolute atomic E-state index is 6.39. The fourth-order valence-corrected chi connectivity index (χ4v) is 8.45. The molecule has 0 aliphatic heterocycles. The van der Waals surface area contributed by atoms with Crippen molar-refractivity contribution in [2.24, 2.45) is 0 Å². The Labute approximate surface area is 287 Å². The molecule has 0 saturated heterocycles. The van der Waals surface area contributed by atoms with Crippen LogP contribution < -0.4 is 4.90 Å². The van der Waals surface area contributed by atoms with E-state index in [-0.39, 0.29) is 0 Å². The van der Waals surface area contributed by atoms with E-state index in [1.165, 1.54) is 47.8 Å². The molecule has 0 saturated carbocycles. The predicted molar refractivity (Wildman–Crippen MR) is 210 cm³/mol. The van der Waals surface area contributed by atoms with Crippen LogP contribution in [0.4, 0.5) is 17.1 Å². The molecule has 10 aromatic rings. The lowest BCUT2D eigenvalue weighted by Gasteiger charge is -2.26. The maximum Gasteiger partial charge on any atom is 0.143 e. The minimum Gasteiger partial charge on any atom is -0.455 e. The summed E-state index contributed by atoms with van der Waals surface area (Å²) >= 11 is 1.85. The number of hydrogen-bond acceptors (Lipinski definition) is 3. The molecule has 0 amide bonds. The number of hydrogen-bond donors (Lipinski definition) is 0. The highest BCUT2D eigenvalue weighted by atomic mass is 32.1. The van der Waals surface area contributed by atoms with Gasteiger partial charge in [0.15, 0.2) is 0 Å². The first-order valence-electron chi connectivity index (χ1n) is 16.6. The Morgan fingerprint density at radius 3 is 1.71 bits per heavy atom. The normalized spacial score (nSPS) is 11.7. The number of benzene rings is 8. The molecule has 0 unspecified atom stereocenters. The van der Waals surface area contributed by atoms with Crippen molar-refractivity contribution in [3.8, 4) is 22.3 Å². The van der Waals surface area contributed by atoms with Gasteiger partial charge in [-0.25, -0.2) is 0 Å². The van der Waals surface area contributed by atoms with Gasteiger partial charge < -0.3 is 9.32 Å². The second kappa shape index (κ2) is 11.2. The van der Waals surface area contributed by atoms with E-state index in [9.17, 15) is 0 Å². The Hall–Kier alpha value is -6.16. The molecule has 0 aliphatic rings. The van der Waals surface area contributed by atoms with Crippen LogP contribution in [0, 0.1) is 0 Å². The molecule has 230 valence electrons. The smallest absolute Gasteiger partial charge is 0.143 e. The number of thiophene rings is 1. The van der Waals surface area contributed by atoms with Gasteiger partial charge in [0.05, 0.1) is 0 Å². The summed E-state index contributed by atoms with van der Waals surface area (Å²) < 4.78 is 8.98. The van der Waals surface area contributed by atoms with Crippen LogP contribution >= 0.6 is 11.3 Å². The third-order valence-electron chi connectivity index (χ3n) is 9.67. The summed E-state index contributed by atoms with van der Waals surface area (Å²) in [7, 11) is 0. The molecule has 10 rings (SSSR count). The first-order chi connectivity index (χ1) is 24.3. The average Bonchev–Trinajstić information content (AvgIpc) is 3.74. The van der Waals surface area contributed by atoms with E-state index in [1.54, 1.807) is 0 Å². The molecule has 2 nitrogen and oxygen atoms in total. The molecule has 2 heterocycles. The van der Waals surface area contributed by atoms with Crippen molar-refractivity contribution in [1.29, 1.82) is 0 Å². The lowest BCUT2D eigenvalue weighted by atomic mass is 9.95. The zero-order chi connectivity index (χ0) is 32.3. The Morgan fingerprint density at radius 1 is 0.367 bits per heavy atom. The van der Waals surface area contributed by atoms with Gasteiger partial charge in [-0.2, -0.15) is 0 Å². The topological polar surface area (TPSA) is 16.4 Å². The highest BCUT2D eigenvalue weighted by Crippen LogP contribution is 2.43. The Morgan fingerprint density at radius 2 is 0.939 bits per heavy atom. The second-order valence-corrected chi connectivity index (χ2v) is 13.6. The van der Waals surface area contributed by atoms with Crippen molar-refractivity contribution < 1.29 is 4.42 Å². The first kappa shape index (κ1) is 27.9. The maximum atomic E-state index is 6.39. The van der Waals surface area contributed by atoms with Crippen molar-refractivity contribution in [3.63, 3.8) is 0 Å². The van der Waals surface area contributed by atoms with Crippen molar-refractivity contribution in [1.82, 2.24) is 0 Å². The van der Waals surface area contributed by atoms with Crippen LogP contribution in [-0.2, 0) is 0 Å². The number of rotatable bonds is 5. The zero-order valence-electron chi connectivity index (χ0n) is 26.5. The summed E-state index contributed by atoms with van der Waals surface area (Å²) in [6, 6.07) is 63.2. The van der Waals surface area contributed by atoms with Crippen molar-refractivity contribution in [3.05, 3.63) is 176 Å². The molecule has 2 aromatic heterocycles. The van der Waals surface area contributed by atoms with E-state index in [0.717, 1.165) is 44.4 Å². The molecule has 0 spiro atoms. The predicted octanol–water partition coefficient (Wildman–Crippen LogP) is 13.9. The molecule has 0 fully saturated rings. The standard InChI is InChI=1S/C46H29NOS/c1-2-10-30(11-3-1)31-18-22-33(23-19-31)47(35-26-27-39-38-14-7-9-17-44(38)49-45(39)28-35)34-24-20-32(21-25-34)41-29-42-37-13-6-8-16-43(37)48-46(42)40-15-5-4-12-36(40)41/h1-29H. The van der Waals surface area contributed by atoms with Gasteiger partial charge in [-0.3, -0.25) is 0 Å². The highest BCUT2D eigenvalue weighted by molar-refractivity contribution is 7.25. The number of para-hydroxylation sites is 1. The summed E-state index contributed by atoms with van der Waals surface area (Å²) in [4.78, 5) is 2.37. The monoisotopic (exact) mass is 643 g/mol. The fraction of sp³-hybridized carbons (Fsp3) is 0. The summed E-state index contributed by atoms with van der Waals surface area (Å²) in [5, 5.41) is 7.21. The minimum atomic E-state index is 0.916. The van der Waals surface area contributed by atoms with Gasteiger partial charge in [-0.15, -0.1) is 11.3 Å². The lowest BCUT2D eigenvalue weighted by Crippen LogP contribution is -2.09. The van der Waals surface area contributed by atoms with Crippen LogP contribution in [0.25, 0.3) is 75.1 Å². The van der Waals surface area contributed by atoms with Gasteiger partial charge in [0, 0.05) is 53.4 Å². The average molecular weight is 644 g/mol. The number of nitrogens with zero attached hydrogens (tertiary/aromatic N) is 1. The van der Waals surface area contributed by atoms with Gasteiger partial charge in [0.1, 0.15) is 11.2 Å². The Kier molecular flexibility index (Phi) is 6.39. The molecule has 3 heteroatoms. The van der Waals surface area contributed by atoms with E-state index in [4.69, 9.17) is 4.42 Å². The van der Waals surface area contributed by atoms with E-state index >= 15 is 0 Å². The van der Waals surface area contributed by atoms with Gasteiger partial charge >= 0.3 is 0 Å². The number of fused-ring (bicyclic) bond motifs is 8. The summed E-state index contributed by atoms with van der Waals surface area (Å²) in [6.45, 7) is 0. The third kappa shape index (κ3) is 4.62. The van der Waals surface area contributed by atoms with E-state index in [2.05, 4.69) is 175 Å². The fourth-order valence-electron chi connectivity index (χ4n) is 7.31. The van der Waals surface area contributed by atoms with E-state index < -0.39 is 0 Å². The molecular formula is C46H29NOS. The van der Waals surface area contributed by atoms with Crippen molar-refractivity contribution >= 4 is 81.3 Å². The van der Waals surface area contributed by atoms with Gasteiger partial charge in [-0.1, -0.05) is 121 Å². The van der Waals surface area contributed by atoms with E-state index in [1.807, 2.05) is 17.4 Å². The van der Waals surface area contributed by atoms with E-state index in [0.29, 0.717) is 0 Å². The van der Waals surface area contributed by atoms with Crippen LogP contribution in [0.1, 0.15) is 0 Å². The number of furan rings is 1. The Balaban J connectivity index is 1.12. The quantitative estimate of drug-likeness (QED) is 0.186. The summed E-state index contributed by atoms with van der Waals surface area (Å²) in [5.74, 6) is 0. The van der Waals surface area contributed by atoms with Crippen LogP contribution in [-0.4, -0.2) is 0 Å². The third-order valence-corrected chi connectivity index (χ3v) is 10.8. The largest absolute Gasteiger partial charge is 0.455 e. The molecule has 0 N–H and O–H groups in total. The summed E-state index contributed by atoms with van der Waals surface area (Å²) in [5.41, 5.74) is 10.0. The zero-order valence-corrected chi connectivity index (χ0v) is 27.3. The molecule has 8 aromatic carbocycles. The molecule has 0 bridgehead atoms. The number of anilines is 3. The second-order valence-electron chi connectivity index (χ2n) is 12.5. The SMILES string of the molecule is c1ccc(-c2ccc(N(c3ccc(-c4cc5c6ccccc6oc5c5ccccc45)cc3)c3ccc4c(c3)sc3ccccc34)cc2)cc1. The molecule has 49 heavy (non-hydrogen) atoms. The van der Waals surface area contributed by atoms with Crippen LogP contribution in [0.2, 0.25) is 0 Å². The van der Waals surface area contributed by atoms with Crippen molar-refractivity contribution in [2.75, 3.05) is 4.90 Å². The molecule has 0 radical (unpaired) electrons. The molecule has 0 aliphatic carbocycles. The van der Waals surface area contributed by atoms with Gasteiger partial charge in [-0.05, 0) is 82.2 Å². The van der Waals surface area contributed by atoms with Gasteiger partial charge in [0.25, 0.3) is 0 Å². The lowest BCUT2D eigenvalue weighted by molar-refractivity contribution is 0.672. The van der Waals surface area contributed by atoms with Crippen LogP contribution in [0.3, 0.4) is 0 Å². The minimum absolute atomic E-state index is 0.916. The van der Waals surface area contributed by atoms with Crippen molar-refractivity contribution in [2.45, 2.75) is 0 Å². The summed E-state index contributed by atoms with van der Waals surface area (Å²) in [6.07, 6.45) is 0.